The van der Waals surface area contributed by atoms with Crippen LogP contribution >= 0.6 is 11.3 Å². The lowest BCUT2D eigenvalue weighted by Crippen LogP contribution is -2.28. The van der Waals surface area contributed by atoms with Crippen LogP contribution in [0, 0.1) is 0 Å². The van der Waals surface area contributed by atoms with Crippen molar-refractivity contribution in [2.45, 2.75) is 20.3 Å². The minimum absolute atomic E-state index is 0.112. The summed E-state index contributed by atoms with van der Waals surface area (Å²) < 4.78 is 12.3. The highest BCUT2D eigenvalue weighted by molar-refractivity contribution is 7.19. The number of carbonyl (C=O) groups excluding carboxylic acids is 1. The maximum Gasteiger partial charge on any atom is 0.307 e. The lowest BCUT2D eigenvalue weighted by Gasteiger charge is -2.13. The molecule has 2 N–H and O–H groups in total. The third kappa shape index (κ3) is 6.05. The summed E-state index contributed by atoms with van der Waals surface area (Å²) in [6.45, 7) is 4.53. The zero-order chi connectivity index (χ0) is 22.2. The van der Waals surface area contributed by atoms with Crippen LogP contribution in [0.2, 0.25) is 0 Å². The van der Waals surface area contributed by atoms with Crippen LogP contribution in [0.25, 0.3) is 21.9 Å². The first-order chi connectivity index (χ1) is 15.0. The number of aromatic nitrogens is 1. The van der Waals surface area contributed by atoms with Crippen molar-refractivity contribution in [3.8, 4) is 11.5 Å². The summed E-state index contributed by atoms with van der Waals surface area (Å²) in [5.41, 5.74) is 2.19. The number of aliphatic carboxylic acids is 1. The number of carboxylic acids is 1. The van der Waals surface area contributed by atoms with Gasteiger partial charge in [0.2, 0.25) is 0 Å². The van der Waals surface area contributed by atoms with Gasteiger partial charge < -0.3 is 19.9 Å². The molecular weight excluding hydrogens is 416 g/mol. The van der Waals surface area contributed by atoms with Crippen LogP contribution in [0.5, 0.6) is 11.5 Å². The molecule has 0 saturated carbocycles. The molecule has 0 fully saturated rings. The van der Waals surface area contributed by atoms with Crippen molar-refractivity contribution >= 4 is 45.1 Å². The van der Waals surface area contributed by atoms with E-state index in [9.17, 15) is 14.7 Å². The van der Waals surface area contributed by atoms with E-state index < -0.39 is 5.97 Å². The summed E-state index contributed by atoms with van der Waals surface area (Å²) in [5.74, 6) is -0.213. The average Bonchev–Trinajstić information content (AvgIpc) is 3.17. The maximum atomic E-state index is 11.7. The van der Waals surface area contributed by atoms with Crippen molar-refractivity contribution < 1.29 is 24.2 Å². The molecular formula is C23H24N2O5S. The maximum absolute atomic E-state index is 11.7. The molecule has 1 aromatic heterocycles. The molecule has 0 spiro atoms. The lowest BCUT2D eigenvalue weighted by atomic mass is 10.1. The van der Waals surface area contributed by atoms with Gasteiger partial charge in [0.15, 0.2) is 18.1 Å². The third-order valence-electron chi connectivity index (χ3n) is 4.25. The molecule has 2 aromatic carbocycles. The molecule has 0 radical (unpaired) electrons. The number of benzene rings is 2. The van der Waals surface area contributed by atoms with Crippen molar-refractivity contribution in [1.29, 1.82) is 0 Å². The molecule has 162 valence electrons. The number of hydrogen-bond donors (Lipinski definition) is 2. The Kier molecular flexibility index (Phi) is 7.61. The molecule has 0 aliphatic heterocycles. The first-order valence-electron chi connectivity index (χ1n) is 9.94. The van der Waals surface area contributed by atoms with E-state index in [4.69, 9.17) is 9.47 Å². The molecule has 0 unspecified atom stereocenters. The second-order valence-corrected chi connectivity index (χ2v) is 7.64. The first-order valence-corrected chi connectivity index (χ1v) is 10.8. The van der Waals surface area contributed by atoms with E-state index in [0.29, 0.717) is 35.2 Å². The van der Waals surface area contributed by atoms with Crippen molar-refractivity contribution in [3.63, 3.8) is 0 Å². The van der Waals surface area contributed by atoms with Crippen LogP contribution < -0.4 is 14.8 Å². The molecule has 1 amide bonds. The van der Waals surface area contributed by atoms with E-state index in [1.165, 1.54) is 11.3 Å². The van der Waals surface area contributed by atoms with Crippen LogP contribution in [0.1, 0.15) is 30.8 Å². The molecule has 1 heterocycles. The van der Waals surface area contributed by atoms with Crippen molar-refractivity contribution in [3.05, 3.63) is 53.0 Å². The molecule has 8 heteroatoms. The summed E-state index contributed by atoms with van der Waals surface area (Å²) in [6, 6.07) is 13.0. The Bertz CT molecular complexity index is 1070. The van der Waals surface area contributed by atoms with E-state index in [1.807, 2.05) is 38.1 Å². The molecule has 0 aliphatic carbocycles. The number of nitrogens with one attached hydrogen (secondary N) is 1. The number of carbonyl (C=O) groups is 2. The molecule has 0 bridgehead atoms. The molecule has 7 nitrogen and oxygen atoms in total. The van der Waals surface area contributed by atoms with E-state index in [-0.39, 0.29) is 18.9 Å². The van der Waals surface area contributed by atoms with Gasteiger partial charge >= 0.3 is 5.97 Å². The van der Waals surface area contributed by atoms with E-state index in [1.54, 1.807) is 24.3 Å². The molecule has 31 heavy (non-hydrogen) atoms. The SMILES string of the molecule is CCNC(=O)COc1ccc(C=C(CC(=O)O)c2nc3ccccc3s2)cc1OCC. The van der Waals surface area contributed by atoms with E-state index in [0.717, 1.165) is 15.8 Å². The first kappa shape index (κ1) is 22.3. The molecule has 3 aromatic rings. The Morgan fingerprint density at radius 2 is 1.94 bits per heavy atom. The number of likely N-dealkylation sites (N-methyl/N-ethyl adjacent to an activating group) is 1. The van der Waals surface area contributed by atoms with Crippen LogP contribution in [-0.4, -0.2) is 41.7 Å². The minimum atomic E-state index is -0.933. The van der Waals surface area contributed by atoms with Crippen molar-refractivity contribution in [2.24, 2.45) is 0 Å². The van der Waals surface area contributed by atoms with Gasteiger partial charge in [-0.15, -0.1) is 11.3 Å². The topological polar surface area (TPSA) is 97.8 Å². The van der Waals surface area contributed by atoms with Crippen LogP contribution in [0.3, 0.4) is 0 Å². The highest BCUT2D eigenvalue weighted by Gasteiger charge is 2.14. The third-order valence-corrected chi connectivity index (χ3v) is 5.36. The number of fused-ring (bicyclic) bond motifs is 1. The summed E-state index contributed by atoms with van der Waals surface area (Å²) >= 11 is 1.46. The molecule has 0 atom stereocenters. The fraction of sp³-hybridized carbons (Fsp3) is 0.261. The van der Waals surface area contributed by atoms with Gasteiger partial charge in [0, 0.05) is 6.54 Å². The lowest BCUT2D eigenvalue weighted by molar-refractivity contribution is -0.135. The average molecular weight is 441 g/mol. The second-order valence-electron chi connectivity index (χ2n) is 6.61. The van der Waals surface area contributed by atoms with Crippen LogP contribution in [0.4, 0.5) is 0 Å². The summed E-state index contributed by atoms with van der Waals surface area (Å²) in [7, 11) is 0. The summed E-state index contributed by atoms with van der Waals surface area (Å²) in [6.07, 6.45) is 1.64. The zero-order valence-electron chi connectivity index (χ0n) is 17.4. The molecule has 3 rings (SSSR count). The standard InChI is InChI=1S/C23H24N2O5S/c1-3-24-21(26)14-30-18-10-9-15(12-19(18)29-4-2)11-16(13-22(27)28)23-25-17-7-5-6-8-20(17)31-23/h5-12H,3-4,13-14H2,1-2H3,(H,24,26)(H,27,28). The number of thiazole rings is 1. The smallest absolute Gasteiger partial charge is 0.307 e. The largest absolute Gasteiger partial charge is 0.490 e. The zero-order valence-corrected chi connectivity index (χ0v) is 18.2. The van der Waals surface area contributed by atoms with Gasteiger partial charge in [-0.3, -0.25) is 9.59 Å². The Balaban J connectivity index is 1.92. The second kappa shape index (κ2) is 10.6. The summed E-state index contributed by atoms with van der Waals surface area (Å²) in [4.78, 5) is 27.7. The van der Waals surface area contributed by atoms with Gasteiger partial charge in [-0.1, -0.05) is 18.2 Å². The van der Waals surface area contributed by atoms with Crippen LogP contribution in [0.15, 0.2) is 42.5 Å². The summed E-state index contributed by atoms with van der Waals surface area (Å²) in [5, 5.41) is 12.7. The number of rotatable bonds is 10. The normalized spacial score (nSPS) is 11.4. The quantitative estimate of drug-likeness (QED) is 0.490. The Morgan fingerprint density at radius 3 is 2.65 bits per heavy atom. The Hall–Kier alpha value is -3.39. The number of nitrogens with zero attached hydrogens (tertiary/aromatic N) is 1. The number of ether oxygens (including phenoxy) is 2. The van der Waals surface area contributed by atoms with Gasteiger partial charge in [0.05, 0.1) is 23.2 Å². The van der Waals surface area contributed by atoms with Gasteiger partial charge in [0.25, 0.3) is 5.91 Å². The Morgan fingerprint density at radius 1 is 1.13 bits per heavy atom. The van der Waals surface area contributed by atoms with Gasteiger partial charge in [0.1, 0.15) is 5.01 Å². The van der Waals surface area contributed by atoms with E-state index >= 15 is 0 Å². The Labute approximate surface area is 184 Å². The van der Waals surface area contributed by atoms with Crippen molar-refractivity contribution in [2.75, 3.05) is 19.8 Å². The number of carboxylic acid groups (broad SMARTS) is 1. The van der Waals surface area contributed by atoms with Gasteiger partial charge in [-0.05, 0) is 55.3 Å². The minimum Gasteiger partial charge on any atom is -0.490 e. The van der Waals surface area contributed by atoms with Crippen molar-refractivity contribution in [1.82, 2.24) is 10.3 Å². The fourth-order valence-electron chi connectivity index (χ4n) is 2.96. The van der Waals surface area contributed by atoms with Gasteiger partial charge in [-0.25, -0.2) is 4.98 Å². The van der Waals surface area contributed by atoms with Gasteiger partial charge in [-0.2, -0.15) is 0 Å². The highest BCUT2D eigenvalue weighted by atomic mass is 32.1. The molecule has 0 saturated heterocycles. The predicted molar refractivity (Wildman–Crippen MR) is 122 cm³/mol. The highest BCUT2D eigenvalue weighted by Crippen LogP contribution is 2.33. The monoisotopic (exact) mass is 440 g/mol. The number of amides is 1. The predicted octanol–water partition coefficient (Wildman–Crippen LogP) is 4.23. The number of hydrogen-bond acceptors (Lipinski definition) is 6. The molecule has 0 aliphatic rings. The fourth-order valence-corrected chi connectivity index (χ4v) is 3.93. The number of para-hydroxylation sites is 1. The van der Waals surface area contributed by atoms with Crippen LogP contribution in [-0.2, 0) is 9.59 Å². The van der Waals surface area contributed by atoms with E-state index in [2.05, 4.69) is 10.3 Å².